The lowest BCUT2D eigenvalue weighted by Gasteiger charge is -2.05. The third-order valence-electron chi connectivity index (χ3n) is 2.38. The molecule has 16 heavy (non-hydrogen) atoms. The quantitative estimate of drug-likeness (QED) is 0.883. The average molecular weight is 279 g/mol. The summed E-state index contributed by atoms with van der Waals surface area (Å²) in [6, 6.07) is 12.6. The van der Waals surface area contributed by atoms with E-state index in [2.05, 4.69) is 15.9 Å². The number of halogens is 1. The summed E-state index contributed by atoms with van der Waals surface area (Å²) in [4.78, 5) is 0. The van der Waals surface area contributed by atoms with Gasteiger partial charge < -0.3 is 10.2 Å². The van der Waals surface area contributed by atoms with Crippen molar-refractivity contribution in [3.63, 3.8) is 0 Å². The van der Waals surface area contributed by atoms with Crippen molar-refractivity contribution >= 4 is 15.9 Å². The molecule has 0 heterocycles. The minimum absolute atomic E-state index is 0.0806. The summed E-state index contributed by atoms with van der Waals surface area (Å²) < 4.78 is 1.03. The highest BCUT2D eigenvalue weighted by Gasteiger charge is 2.03. The molecule has 0 aromatic heterocycles. The van der Waals surface area contributed by atoms with Gasteiger partial charge in [0.1, 0.15) is 11.5 Å². The first-order valence-corrected chi connectivity index (χ1v) is 5.70. The van der Waals surface area contributed by atoms with Crippen molar-refractivity contribution in [3.05, 3.63) is 58.1 Å². The van der Waals surface area contributed by atoms with E-state index in [1.807, 2.05) is 24.3 Å². The maximum Gasteiger partial charge on any atom is 0.122 e. The third kappa shape index (κ3) is 2.55. The Labute approximate surface area is 102 Å². The molecule has 0 amide bonds. The number of hydrogen-bond acceptors (Lipinski definition) is 2. The van der Waals surface area contributed by atoms with E-state index in [0.717, 1.165) is 15.6 Å². The zero-order chi connectivity index (χ0) is 11.5. The summed E-state index contributed by atoms with van der Waals surface area (Å²) in [5, 5.41) is 18.8. The van der Waals surface area contributed by atoms with E-state index in [4.69, 9.17) is 0 Å². The Bertz CT molecular complexity index is 492. The Kier molecular flexibility index (Phi) is 3.15. The Hall–Kier alpha value is -1.48. The fourth-order valence-corrected chi connectivity index (χ4v) is 1.79. The average Bonchev–Trinajstić information content (AvgIpc) is 2.25. The van der Waals surface area contributed by atoms with Crippen LogP contribution in [-0.2, 0) is 6.42 Å². The van der Waals surface area contributed by atoms with Crippen LogP contribution < -0.4 is 0 Å². The lowest BCUT2D eigenvalue weighted by atomic mass is 10.0. The number of phenolic OH excluding ortho intramolecular Hbond substituents is 2. The molecule has 2 nitrogen and oxygen atoms in total. The minimum Gasteiger partial charge on any atom is -0.508 e. The van der Waals surface area contributed by atoms with Crippen molar-refractivity contribution in [3.8, 4) is 11.5 Å². The third-order valence-corrected chi connectivity index (χ3v) is 2.91. The highest BCUT2D eigenvalue weighted by Crippen LogP contribution is 2.25. The van der Waals surface area contributed by atoms with Crippen LogP contribution in [0.2, 0.25) is 0 Å². The van der Waals surface area contributed by atoms with Crippen LogP contribution in [0.15, 0.2) is 46.9 Å². The van der Waals surface area contributed by atoms with Gasteiger partial charge in [-0.15, -0.1) is 0 Å². The summed E-state index contributed by atoms with van der Waals surface area (Å²) >= 11 is 3.37. The van der Waals surface area contributed by atoms with Crippen LogP contribution in [-0.4, -0.2) is 10.2 Å². The molecule has 0 aliphatic carbocycles. The maximum atomic E-state index is 9.64. The second-order valence-corrected chi connectivity index (χ2v) is 4.53. The molecule has 0 aliphatic heterocycles. The Morgan fingerprint density at radius 2 is 1.62 bits per heavy atom. The second kappa shape index (κ2) is 4.58. The number of rotatable bonds is 2. The molecular formula is C13H11BrO2. The number of aromatic hydroxyl groups is 2. The zero-order valence-electron chi connectivity index (χ0n) is 8.52. The fourth-order valence-electron chi connectivity index (χ4n) is 1.52. The van der Waals surface area contributed by atoms with E-state index in [9.17, 15) is 10.2 Å². The predicted molar refractivity (Wildman–Crippen MR) is 66.7 cm³/mol. The van der Waals surface area contributed by atoms with Gasteiger partial charge in [0.25, 0.3) is 0 Å². The molecule has 2 rings (SSSR count). The molecule has 0 fully saturated rings. The summed E-state index contributed by atoms with van der Waals surface area (Å²) in [6.45, 7) is 0. The topological polar surface area (TPSA) is 40.5 Å². The van der Waals surface area contributed by atoms with E-state index in [-0.39, 0.29) is 11.5 Å². The van der Waals surface area contributed by atoms with E-state index in [1.165, 1.54) is 6.07 Å². The first kappa shape index (κ1) is 11.0. The van der Waals surface area contributed by atoms with Gasteiger partial charge >= 0.3 is 0 Å². The highest BCUT2D eigenvalue weighted by atomic mass is 79.9. The summed E-state index contributed by atoms with van der Waals surface area (Å²) in [6.07, 6.45) is 0.652. The lowest BCUT2D eigenvalue weighted by molar-refractivity contribution is 0.447. The first-order valence-electron chi connectivity index (χ1n) is 4.90. The monoisotopic (exact) mass is 278 g/mol. The van der Waals surface area contributed by atoms with Crippen LogP contribution in [0.5, 0.6) is 11.5 Å². The summed E-state index contributed by atoms with van der Waals surface area (Å²) in [5.41, 5.74) is 1.92. The van der Waals surface area contributed by atoms with E-state index in [1.54, 1.807) is 12.1 Å². The van der Waals surface area contributed by atoms with E-state index in [0.29, 0.717) is 6.42 Å². The molecule has 0 unspecified atom stereocenters. The molecule has 0 atom stereocenters. The molecule has 0 aliphatic rings. The van der Waals surface area contributed by atoms with Crippen molar-refractivity contribution in [1.29, 1.82) is 0 Å². The van der Waals surface area contributed by atoms with Crippen molar-refractivity contribution in [2.75, 3.05) is 0 Å². The van der Waals surface area contributed by atoms with Crippen LogP contribution >= 0.6 is 15.9 Å². The van der Waals surface area contributed by atoms with Gasteiger partial charge in [-0.25, -0.2) is 0 Å². The minimum atomic E-state index is 0.0806. The van der Waals surface area contributed by atoms with Gasteiger partial charge in [-0.2, -0.15) is 0 Å². The SMILES string of the molecule is Oc1ccc(Cc2ccc(Br)cc2)c(O)c1. The van der Waals surface area contributed by atoms with Gasteiger partial charge in [0.05, 0.1) is 0 Å². The van der Waals surface area contributed by atoms with Gasteiger partial charge in [-0.1, -0.05) is 34.1 Å². The molecule has 0 saturated carbocycles. The number of benzene rings is 2. The van der Waals surface area contributed by atoms with Gasteiger partial charge in [-0.3, -0.25) is 0 Å². The standard InChI is InChI=1S/C13H11BrO2/c14-11-4-1-9(2-5-11)7-10-3-6-12(15)8-13(10)16/h1-6,8,15-16H,7H2. The van der Waals surface area contributed by atoms with Crippen molar-refractivity contribution in [1.82, 2.24) is 0 Å². The van der Waals surface area contributed by atoms with Crippen LogP contribution in [0.3, 0.4) is 0 Å². The Balaban J connectivity index is 2.23. The Morgan fingerprint density at radius 1 is 0.938 bits per heavy atom. The predicted octanol–water partition coefficient (Wildman–Crippen LogP) is 3.45. The smallest absolute Gasteiger partial charge is 0.122 e. The lowest BCUT2D eigenvalue weighted by Crippen LogP contribution is -1.88. The van der Waals surface area contributed by atoms with Crippen LogP contribution in [0.1, 0.15) is 11.1 Å². The number of hydrogen-bond donors (Lipinski definition) is 2. The number of phenols is 2. The zero-order valence-corrected chi connectivity index (χ0v) is 10.1. The van der Waals surface area contributed by atoms with Crippen LogP contribution in [0, 0.1) is 0 Å². The first-order chi connectivity index (χ1) is 7.65. The van der Waals surface area contributed by atoms with E-state index < -0.39 is 0 Å². The molecule has 0 radical (unpaired) electrons. The molecule has 0 spiro atoms. The molecular weight excluding hydrogens is 268 g/mol. The van der Waals surface area contributed by atoms with E-state index >= 15 is 0 Å². The molecule has 2 N–H and O–H groups in total. The summed E-state index contributed by atoms with van der Waals surface area (Å²) in [7, 11) is 0. The van der Waals surface area contributed by atoms with Gasteiger partial charge in [0.15, 0.2) is 0 Å². The van der Waals surface area contributed by atoms with Crippen molar-refractivity contribution in [2.24, 2.45) is 0 Å². The van der Waals surface area contributed by atoms with Gasteiger partial charge in [0.2, 0.25) is 0 Å². The van der Waals surface area contributed by atoms with Crippen molar-refractivity contribution < 1.29 is 10.2 Å². The van der Waals surface area contributed by atoms with Gasteiger partial charge in [-0.05, 0) is 29.3 Å². The molecule has 0 bridgehead atoms. The van der Waals surface area contributed by atoms with Crippen LogP contribution in [0.25, 0.3) is 0 Å². The second-order valence-electron chi connectivity index (χ2n) is 3.62. The summed E-state index contributed by atoms with van der Waals surface area (Å²) in [5.74, 6) is 0.208. The molecule has 0 saturated heterocycles. The van der Waals surface area contributed by atoms with Gasteiger partial charge in [0, 0.05) is 17.0 Å². The van der Waals surface area contributed by atoms with Crippen LogP contribution in [0.4, 0.5) is 0 Å². The normalized spacial score (nSPS) is 10.3. The van der Waals surface area contributed by atoms with Crippen molar-refractivity contribution in [2.45, 2.75) is 6.42 Å². The molecule has 2 aromatic carbocycles. The Morgan fingerprint density at radius 3 is 2.25 bits per heavy atom. The molecule has 2 aromatic rings. The fraction of sp³-hybridized carbons (Fsp3) is 0.0769. The largest absolute Gasteiger partial charge is 0.508 e. The molecule has 82 valence electrons. The maximum absolute atomic E-state index is 9.64. The highest BCUT2D eigenvalue weighted by molar-refractivity contribution is 9.10. The molecule has 3 heteroatoms.